The summed E-state index contributed by atoms with van der Waals surface area (Å²) in [6.45, 7) is 9.94. The van der Waals surface area contributed by atoms with Gasteiger partial charge in [-0.3, -0.25) is 0 Å². The fraction of sp³-hybridized carbons (Fsp3) is 0.419. The van der Waals surface area contributed by atoms with Gasteiger partial charge in [0.15, 0.2) is 0 Å². The van der Waals surface area contributed by atoms with Crippen LogP contribution in [-0.2, 0) is 28.9 Å². The predicted molar refractivity (Wildman–Crippen MR) is 230 cm³/mol. The standard InChI is InChI=1S/C43H52N7O8PSe/c1-27(2)50(28(3)4)59(56-24-12-23-44)58-37-35(57-41(38(37)60-8)49-26-45-36-39(49)47-42(46-29(5)51)48-40(36)52)25-55-43(30-13-10-9-11-14-30,31-15-19-33(53-6)20-16-31)32-17-21-34(54-7)22-18-32/h9-11,13-22,26-28,35,37-38,41H,12,24-25H2,1-8H3,(H2,46,47,48,51,52)/t35-,37-,38-,41-,59?/m1/s1. The van der Waals surface area contributed by atoms with Gasteiger partial charge >= 0.3 is 359 Å². The van der Waals surface area contributed by atoms with E-state index in [1.165, 1.54) is 13.3 Å². The molecule has 0 aliphatic carbocycles. The Bertz CT molecular complexity index is 2230. The van der Waals surface area contributed by atoms with E-state index in [1.54, 1.807) is 18.8 Å². The molecule has 60 heavy (non-hydrogen) atoms. The van der Waals surface area contributed by atoms with Crippen molar-refractivity contribution in [3.63, 3.8) is 0 Å². The Labute approximate surface area is 357 Å². The van der Waals surface area contributed by atoms with Crippen LogP contribution in [0.25, 0.3) is 11.2 Å². The normalized spacial score (nSPS) is 18.6. The molecular formula is C43H52N7O8PSe. The topological polar surface area (TPSA) is 175 Å². The molecular weight excluding hydrogens is 852 g/mol. The SMILES string of the molecule is COc1ccc(C(OC[C@H]2O[C@@H](n3cnc4c(=O)[nH]c(NC(C)=O)nc43)[C@H]([Se]C)[C@@H]2OP(OCCC#N)N(C(C)C)C(C)C)(c2ccccc2)c2ccc(OC)cc2)cc1. The summed E-state index contributed by atoms with van der Waals surface area (Å²) in [6.07, 6.45) is -0.249. The monoisotopic (exact) mass is 905 g/mol. The summed E-state index contributed by atoms with van der Waals surface area (Å²) in [4.78, 5) is 36.6. The summed E-state index contributed by atoms with van der Waals surface area (Å²) < 4.78 is 43.2. The van der Waals surface area contributed by atoms with E-state index in [0.717, 1.165) is 16.7 Å². The van der Waals surface area contributed by atoms with E-state index >= 15 is 0 Å². The molecule has 2 aromatic heterocycles. The number of nitrogens with zero attached hydrogens (tertiary/aromatic N) is 5. The first-order valence-electron chi connectivity index (χ1n) is 19.6. The zero-order valence-electron chi connectivity index (χ0n) is 35.0. The fourth-order valence-electron chi connectivity index (χ4n) is 7.46. The van der Waals surface area contributed by atoms with Crippen molar-refractivity contribution in [3.8, 4) is 17.6 Å². The van der Waals surface area contributed by atoms with Crippen LogP contribution in [0.1, 0.15) is 64.0 Å². The first-order valence-corrected chi connectivity index (χ1v) is 23.4. The Hall–Kier alpha value is -4.68. The van der Waals surface area contributed by atoms with Crippen molar-refractivity contribution in [1.82, 2.24) is 24.2 Å². The van der Waals surface area contributed by atoms with Crippen LogP contribution in [0.15, 0.2) is 90.0 Å². The zero-order valence-corrected chi connectivity index (χ0v) is 37.6. The number of benzene rings is 3. The Morgan fingerprint density at radius 3 is 2.13 bits per heavy atom. The summed E-state index contributed by atoms with van der Waals surface area (Å²) in [5.41, 5.74) is 1.27. The van der Waals surface area contributed by atoms with Crippen molar-refractivity contribution < 1.29 is 32.8 Å². The number of nitriles is 1. The average molecular weight is 905 g/mol. The second-order valence-corrected chi connectivity index (χ2v) is 18.2. The van der Waals surface area contributed by atoms with Gasteiger partial charge in [0.2, 0.25) is 0 Å². The van der Waals surface area contributed by atoms with E-state index in [1.807, 2.05) is 78.9 Å². The molecule has 5 atom stereocenters. The van der Waals surface area contributed by atoms with E-state index in [9.17, 15) is 14.9 Å². The molecule has 0 radical (unpaired) electrons. The molecule has 1 aliphatic rings. The van der Waals surface area contributed by atoms with Crippen molar-refractivity contribution in [2.24, 2.45) is 0 Å². The maximum absolute atomic E-state index is 13.2. The number of nitrogens with one attached hydrogen (secondary N) is 2. The fourth-order valence-corrected chi connectivity index (χ4v) is 11.4. The van der Waals surface area contributed by atoms with Gasteiger partial charge < -0.3 is 0 Å². The molecule has 1 fully saturated rings. The Balaban J connectivity index is 1.50. The van der Waals surface area contributed by atoms with Crippen LogP contribution >= 0.6 is 8.53 Å². The van der Waals surface area contributed by atoms with Gasteiger partial charge in [-0.25, -0.2) is 0 Å². The molecule has 2 N–H and O–H groups in total. The number of anilines is 1. The summed E-state index contributed by atoms with van der Waals surface area (Å²) >= 11 is -0.126. The number of aromatic nitrogens is 4. The maximum atomic E-state index is 13.2. The van der Waals surface area contributed by atoms with Gasteiger partial charge in [-0.2, -0.15) is 0 Å². The minimum absolute atomic E-state index is 0.00320. The molecule has 318 valence electrons. The van der Waals surface area contributed by atoms with Crippen molar-refractivity contribution in [1.29, 1.82) is 5.26 Å². The van der Waals surface area contributed by atoms with Gasteiger partial charge in [0.25, 0.3) is 0 Å². The number of rotatable bonds is 19. The van der Waals surface area contributed by atoms with Crippen LogP contribution in [0.5, 0.6) is 11.5 Å². The van der Waals surface area contributed by atoms with Gasteiger partial charge in [-0.1, -0.05) is 0 Å². The van der Waals surface area contributed by atoms with E-state index in [0.29, 0.717) is 11.5 Å². The minimum atomic E-state index is -1.71. The molecule has 0 spiro atoms. The quantitative estimate of drug-likeness (QED) is 0.0370. The van der Waals surface area contributed by atoms with E-state index in [2.05, 4.69) is 64.5 Å². The zero-order chi connectivity index (χ0) is 43.0. The molecule has 3 heterocycles. The Morgan fingerprint density at radius 1 is 1.00 bits per heavy atom. The van der Waals surface area contributed by atoms with E-state index in [-0.39, 0.29) is 74.5 Å². The third-order valence-corrected chi connectivity index (χ3v) is 14.4. The first kappa shape index (κ1) is 44.9. The van der Waals surface area contributed by atoms with Crippen molar-refractivity contribution >= 4 is 46.5 Å². The van der Waals surface area contributed by atoms with Crippen LogP contribution in [-0.4, -0.2) is 96.8 Å². The molecule has 17 heteroatoms. The number of imidazole rings is 1. The molecule has 0 bridgehead atoms. The summed E-state index contributed by atoms with van der Waals surface area (Å²) in [5.74, 6) is 3.12. The van der Waals surface area contributed by atoms with Crippen LogP contribution in [0, 0.1) is 11.3 Å². The molecule has 6 rings (SSSR count). The average Bonchev–Trinajstić information content (AvgIpc) is 3.82. The number of hydrogen-bond donors (Lipinski definition) is 2. The second kappa shape index (κ2) is 20.3. The molecule has 3 aromatic carbocycles. The van der Waals surface area contributed by atoms with Gasteiger partial charge in [-0.15, -0.1) is 0 Å². The van der Waals surface area contributed by atoms with Crippen molar-refractivity contribution in [2.45, 2.75) is 87.8 Å². The molecule has 1 aliphatic heterocycles. The molecule has 5 aromatic rings. The van der Waals surface area contributed by atoms with Crippen LogP contribution in [0.2, 0.25) is 10.6 Å². The Kier molecular flexibility index (Phi) is 15.1. The van der Waals surface area contributed by atoms with E-state index < -0.39 is 38.1 Å². The molecule has 1 saturated heterocycles. The van der Waals surface area contributed by atoms with E-state index in [4.69, 9.17) is 28.0 Å². The summed E-state index contributed by atoms with van der Waals surface area (Å²) in [6, 6.07) is 27.9. The number of H-pyrrole nitrogens is 1. The number of fused-ring (bicyclic) bond motifs is 1. The van der Waals surface area contributed by atoms with Crippen LogP contribution in [0.4, 0.5) is 5.95 Å². The van der Waals surface area contributed by atoms with Gasteiger partial charge in [0, 0.05) is 0 Å². The molecule has 1 unspecified atom stereocenters. The third kappa shape index (κ3) is 9.60. The van der Waals surface area contributed by atoms with Gasteiger partial charge in [0.1, 0.15) is 0 Å². The van der Waals surface area contributed by atoms with Crippen LogP contribution < -0.4 is 20.3 Å². The molecule has 0 saturated carbocycles. The first-order chi connectivity index (χ1) is 28.9. The van der Waals surface area contributed by atoms with Gasteiger partial charge in [0.05, 0.1) is 0 Å². The van der Waals surface area contributed by atoms with Crippen LogP contribution in [0.3, 0.4) is 0 Å². The number of hydrogen-bond acceptors (Lipinski definition) is 12. The predicted octanol–water partition coefficient (Wildman–Crippen LogP) is 7.20. The number of carbonyl (C=O) groups is 1. The Morgan fingerprint density at radius 2 is 1.60 bits per heavy atom. The summed E-state index contributed by atoms with van der Waals surface area (Å²) in [7, 11) is 1.55. The molecule has 1 amide bonds. The number of methoxy groups -OCH3 is 2. The number of amides is 1. The molecule has 15 nitrogen and oxygen atoms in total. The second-order valence-electron chi connectivity index (χ2n) is 14.6. The van der Waals surface area contributed by atoms with Crippen molar-refractivity contribution in [2.75, 3.05) is 32.8 Å². The number of aromatic amines is 1. The van der Waals surface area contributed by atoms with Gasteiger partial charge in [-0.05, 0) is 0 Å². The third-order valence-electron chi connectivity index (χ3n) is 10.1. The number of carbonyl (C=O) groups excluding carboxylic acids is 1. The summed E-state index contributed by atoms with van der Waals surface area (Å²) in [5, 5.41) is 12.0. The number of ether oxygens (including phenoxy) is 4. The van der Waals surface area contributed by atoms with Crippen molar-refractivity contribution in [3.05, 3.63) is 112 Å².